The lowest BCUT2D eigenvalue weighted by atomic mass is 10.3. The highest BCUT2D eigenvalue weighted by atomic mass is 19.1. The molecule has 0 radical (unpaired) electrons. The van der Waals surface area contributed by atoms with E-state index in [1.807, 2.05) is 0 Å². The number of benzene rings is 1. The molecule has 2 heterocycles. The summed E-state index contributed by atoms with van der Waals surface area (Å²) in [4.78, 5) is 48.1. The van der Waals surface area contributed by atoms with Crippen LogP contribution in [0.1, 0.15) is 0 Å². The molecule has 0 bridgehead atoms. The van der Waals surface area contributed by atoms with Crippen LogP contribution in [0.5, 0.6) is 0 Å². The van der Waals surface area contributed by atoms with Gasteiger partial charge in [0.2, 0.25) is 5.91 Å². The average molecular weight is 345 g/mol. The Morgan fingerprint density at radius 3 is 2.60 bits per heavy atom. The predicted octanol–water partition coefficient (Wildman–Crippen LogP) is 0.371. The smallest absolute Gasteiger partial charge is 0.309 e. The molecule has 0 atom stereocenters. The maximum Gasteiger partial charge on any atom is 0.334 e. The highest BCUT2D eigenvalue weighted by molar-refractivity contribution is 6.44. The van der Waals surface area contributed by atoms with Crippen LogP contribution in [0.2, 0.25) is 0 Å². The molecule has 0 aliphatic carbocycles. The van der Waals surface area contributed by atoms with Crippen molar-refractivity contribution in [1.29, 1.82) is 0 Å². The molecule has 1 aliphatic rings. The van der Waals surface area contributed by atoms with Gasteiger partial charge in [-0.2, -0.15) is 5.10 Å². The molecule has 128 valence electrons. The fourth-order valence-corrected chi connectivity index (χ4v) is 2.29. The van der Waals surface area contributed by atoms with Crippen molar-refractivity contribution < 1.29 is 23.6 Å². The van der Waals surface area contributed by atoms with Crippen LogP contribution >= 0.6 is 0 Å². The standard InChI is InChI=1S/C15H12FN5O4/c1-19-13(23)14(24)20(15(19)25)8-12(22)18-11-5-6-17-21(11)10-4-2-3-9(16)7-10/h2-7H,8H2,1H3,(H,18,22). The minimum Gasteiger partial charge on any atom is -0.309 e. The van der Waals surface area contributed by atoms with Gasteiger partial charge in [-0.15, -0.1) is 0 Å². The first-order chi connectivity index (χ1) is 11.9. The summed E-state index contributed by atoms with van der Waals surface area (Å²) in [6.45, 7) is -0.623. The zero-order valence-corrected chi connectivity index (χ0v) is 13.0. The number of carbonyl (C=O) groups excluding carboxylic acids is 4. The predicted molar refractivity (Wildman–Crippen MR) is 82.0 cm³/mol. The third kappa shape index (κ3) is 2.96. The number of urea groups is 1. The van der Waals surface area contributed by atoms with Crippen molar-refractivity contribution in [2.24, 2.45) is 0 Å². The summed E-state index contributed by atoms with van der Waals surface area (Å²) >= 11 is 0. The molecule has 0 unspecified atom stereocenters. The molecule has 10 heteroatoms. The molecule has 0 saturated carbocycles. The van der Waals surface area contributed by atoms with Crippen LogP contribution in [0.4, 0.5) is 15.0 Å². The SMILES string of the molecule is CN1C(=O)C(=O)N(CC(=O)Nc2ccnn2-c2cccc(F)c2)C1=O. The number of likely N-dealkylation sites (N-methyl/N-ethyl adjacent to an activating group) is 1. The quantitative estimate of drug-likeness (QED) is 0.637. The van der Waals surface area contributed by atoms with Crippen LogP contribution in [-0.2, 0) is 14.4 Å². The fourth-order valence-electron chi connectivity index (χ4n) is 2.29. The van der Waals surface area contributed by atoms with E-state index in [-0.39, 0.29) is 5.82 Å². The normalized spacial score (nSPS) is 14.4. The van der Waals surface area contributed by atoms with Crippen LogP contribution in [0.25, 0.3) is 5.69 Å². The molecule has 25 heavy (non-hydrogen) atoms. The van der Waals surface area contributed by atoms with Crippen LogP contribution < -0.4 is 5.32 Å². The van der Waals surface area contributed by atoms with Gasteiger partial charge >= 0.3 is 17.8 Å². The minimum absolute atomic E-state index is 0.217. The van der Waals surface area contributed by atoms with E-state index in [1.54, 1.807) is 6.07 Å². The molecule has 1 aromatic heterocycles. The number of nitrogens with one attached hydrogen (secondary N) is 1. The Labute approximate surface area is 140 Å². The third-order valence-corrected chi connectivity index (χ3v) is 3.52. The molecule has 3 rings (SSSR count). The monoisotopic (exact) mass is 345 g/mol. The molecule has 5 amide bonds. The maximum atomic E-state index is 13.3. The van der Waals surface area contributed by atoms with Gasteiger partial charge < -0.3 is 5.32 Å². The van der Waals surface area contributed by atoms with E-state index in [9.17, 15) is 23.6 Å². The lowest BCUT2D eigenvalue weighted by Gasteiger charge is -2.13. The number of carbonyl (C=O) groups is 4. The van der Waals surface area contributed by atoms with Crippen LogP contribution in [0.15, 0.2) is 36.5 Å². The van der Waals surface area contributed by atoms with Gasteiger partial charge in [0.05, 0.1) is 11.9 Å². The fraction of sp³-hybridized carbons (Fsp3) is 0.133. The molecule has 1 fully saturated rings. The highest BCUT2D eigenvalue weighted by Gasteiger charge is 2.43. The summed E-state index contributed by atoms with van der Waals surface area (Å²) in [6.07, 6.45) is 1.39. The van der Waals surface area contributed by atoms with E-state index in [0.717, 1.165) is 7.05 Å². The van der Waals surface area contributed by atoms with Gasteiger partial charge in [0.1, 0.15) is 18.2 Å². The van der Waals surface area contributed by atoms with E-state index in [2.05, 4.69) is 10.4 Å². The Morgan fingerprint density at radius 1 is 1.20 bits per heavy atom. The number of nitrogens with zero attached hydrogens (tertiary/aromatic N) is 4. The molecule has 1 aromatic carbocycles. The summed E-state index contributed by atoms with van der Waals surface area (Å²) < 4.78 is 14.6. The zero-order chi connectivity index (χ0) is 18.1. The van der Waals surface area contributed by atoms with Gasteiger partial charge in [0.25, 0.3) is 0 Å². The van der Waals surface area contributed by atoms with Crippen LogP contribution in [0, 0.1) is 5.82 Å². The summed E-state index contributed by atoms with van der Waals surface area (Å²) in [7, 11) is 1.15. The van der Waals surface area contributed by atoms with E-state index < -0.39 is 36.1 Å². The van der Waals surface area contributed by atoms with E-state index in [1.165, 1.54) is 35.1 Å². The van der Waals surface area contributed by atoms with Crippen molar-refractivity contribution in [2.75, 3.05) is 18.9 Å². The molecule has 0 spiro atoms. The first kappa shape index (κ1) is 16.3. The number of anilines is 1. The summed E-state index contributed by atoms with van der Waals surface area (Å²) in [5.74, 6) is -3.03. The lowest BCUT2D eigenvalue weighted by Crippen LogP contribution is -2.38. The van der Waals surface area contributed by atoms with Gasteiger partial charge in [0.15, 0.2) is 0 Å². The van der Waals surface area contributed by atoms with Gasteiger partial charge in [-0.3, -0.25) is 19.3 Å². The molecular weight excluding hydrogens is 333 g/mol. The summed E-state index contributed by atoms with van der Waals surface area (Å²) in [5.41, 5.74) is 0.378. The third-order valence-electron chi connectivity index (χ3n) is 3.52. The van der Waals surface area contributed by atoms with E-state index in [4.69, 9.17) is 0 Å². The number of imide groups is 2. The van der Waals surface area contributed by atoms with Crippen LogP contribution in [0.3, 0.4) is 0 Å². The Hall–Kier alpha value is -3.56. The minimum atomic E-state index is -1.07. The molecule has 9 nitrogen and oxygen atoms in total. The average Bonchev–Trinajstić information content (AvgIpc) is 3.10. The van der Waals surface area contributed by atoms with E-state index >= 15 is 0 Å². The van der Waals surface area contributed by atoms with E-state index in [0.29, 0.717) is 15.5 Å². The van der Waals surface area contributed by atoms with Crippen molar-refractivity contribution in [1.82, 2.24) is 19.6 Å². The van der Waals surface area contributed by atoms with Crippen molar-refractivity contribution in [3.63, 3.8) is 0 Å². The van der Waals surface area contributed by atoms with Gasteiger partial charge in [0, 0.05) is 13.1 Å². The van der Waals surface area contributed by atoms with Crippen molar-refractivity contribution in [3.8, 4) is 5.69 Å². The molecule has 1 aliphatic heterocycles. The van der Waals surface area contributed by atoms with Gasteiger partial charge in [-0.25, -0.2) is 18.8 Å². The first-order valence-corrected chi connectivity index (χ1v) is 7.12. The number of hydrogen-bond acceptors (Lipinski definition) is 5. The number of aromatic nitrogens is 2. The number of hydrogen-bond donors (Lipinski definition) is 1. The van der Waals surface area contributed by atoms with Gasteiger partial charge in [-0.1, -0.05) is 6.07 Å². The van der Waals surface area contributed by atoms with Crippen LogP contribution in [-0.4, -0.2) is 56.9 Å². The Bertz CT molecular complexity index is 894. The Balaban J connectivity index is 1.75. The topological polar surface area (TPSA) is 105 Å². The molecule has 1 saturated heterocycles. The maximum absolute atomic E-state index is 13.3. The second kappa shape index (κ2) is 6.15. The molecular formula is C15H12FN5O4. The molecule has 2 aromatic rings. The van der Waals surface area contributed by atoms with Crippen molar-refractivity contribution in [2.45, 2.75) is 0 Å². The number of amides is 5. The summed E-state index contributed by atoms with van der Waals surface area (Å²) in [6, 6.07) is 6.16. The zero-order valence-electron chi connectivity index (χ0n) is 13.0. The Morgan fingerprint density at radius 2 is 1.96 bits per heavy atom. The summed E-state index contributed by atoms with van der Waals surface area (Å²) in [5, 5.41) is 6.46. The highest BCUT2D eigenvalue weighted by Crippen LogP contribution is 2.16. The van der Waals surface area contributed by atoms with Gasteiger partial charge in [-0.05, 0) is 18.2 Å². The number of rotatable bonds is 4. The van der Waals surface area contributed by atoms with Crippen molar-refractivity contribution in [3.05, 3.63) is 42.3 Å². The number of halogens is 1. The second-order valence-electron chi connectivity index (χ2n) is 5.19. The largest absolute Gasteiger partial charge is 0.334 e. The molecule has 1 N–H and O–H groups in total. The lowest BCUT2D eigenvalue weighted by molar-refractivity contribution is -0.143. The van der Waals surface area contributed by atoms with Crippen molar-refractivity contribution >= 4 is 29.6 Å². The second-order valence-corrected chi connectivity index (χ2v) is 5.19. The first-order valence-electron chi connectivity index (χ1n) is 7.12. The Kier molecular flexibility index (Phi) is 4.01.